The Morgan fingerprint density at radius 1 is 1.38 bits per heavy atom. The Morgan fingerprint density at radius 2 is 1.94 bits per heavy atom. The zero-order valence-corrected chi connectivity index (χ0v) is 9.74. The lowest BCUT2D eigenvalue weighted by atomic mass is 10.2. The zero-order valence-electron chi connectivity index (χ0n) is 9.74. The highest BCUT2D eigenvalue weighted by Gasteiger charge is 2.45. The summed E-state index contributed by atoms with van der Waals surface area (Å²) in [6.07, 6.45) is -0.0576. The van der Waals surface area contributed by atoms with Crippen LogP contribution in [0, 0.1) is 11.8 Å². The number of aliphatic carboxylic acids is 1. The molecule has 1 aliphatic rings. The van der Waals surface area contributed by atoms with Crippen molar-refractivity contribution >= 4 is 12.1 Å². The molecule has 1 saturated carbocycles. The largest absolute Gasteiger partial charge is 0.481 e. The van der Waals surface area contributed by atoms with Crippen LogP contribution in [0.5, 0.6) is 0 Å². The summed E-state index contributed by atoms with van der Waals surface area (Å²) in [7, 11) is 0. The minimum Gasteiger partial charge on any atom is -0.481 e. The summed E-state index contributed by atoms with van der Waals surface area (Å²) in [6.45, 7) is 8.91. The molecule has 0 aromatic heterocycles. The van der Waals surface area contributed by atoms with E-state index in [-0.39, 0.29) is 5.92 Å². The highest BCUT2D eigenvalue weighted by molar-refractivity contribution is 5.76. The molecule has 0 bridgehead atoms. The van der Waals surface area contributed by atoms with Gasteiger partial charge >= 0.3 is 12.1 Å². The molecule has 16 heavy (non-hydrogen) atoms. The lowest BCUT2D eigenvalue weighted by molar-refractivity contribution is -0.138. The maximum Gasteiger partial charge on any atom is 0.411 e. The molecule has 0 aromatic rings. The SMILES string of the molecule is C=C(NC(=O)OC(C)(C)C)C1CC1C(=O)O. The van der Waals surface area contributed by atoms with E-state index in [1.54, 1.807) is 20.8 Å². The molecule has 0 radical (unpaired) electrons. The summed E-state index contributed by atoms with van der Waals surface area (Å²) in [4.78, 5) is 21.9. The van der Waals surface area contributed by atoms with Gasteiger partial charge in [-0.1, -0.05) is 6.58 Å². The van der Waals surface area contributed by atoms with Crippen molar-refractivity contribution in [3.8, 4) is 0 Å². The van der Waals surface area contributed by atoms with Crippen LogP contribution in [-0.4, -0.2) is 22.8 Å². The Kier molecular flexibility index (Phi) is 3.26. The summed E-state index contributed by atoms with van der Waals surface area (Å²) < 4.78 is 5.02. The first-order valence-corrected chi connectivity index (χ1v) is 5.12. The van der Waals surface area contributed by atoms with Gasteiger partial charge in [0.1, 0.15) is 5.60 Å². The van der Waals surface area contributed by atoms with Gasteiger partial charge < -0.3 is 9.84 Å². The number of allylic oxidation sites excluding steroid dienone is 1. The molecule has 1 amide bonds. The monoisotopic (exact) mass is 227 g/mol. The zero-order chi connectivity index (χ0) is 12.5. The van der Waals surface area contributed by atoms with E-state index in [0.29, 0.717) is 12.1 Å². The number of amides is 1. The van der Waals surface area contributed by atoms with Crippen molar-refractivity contribution in [1.82, 2.24) is 5.32 Å². The molecule has 1 aliphatic carbocycles. The third-order valence-corrected chi connectivity index (χ3v) is 2.22. The second-order valence-electron chi connectivity index (χ2n) is 4.94. The number of carboxylic acids is 1. The van der Waals surface area contributed by atoms with E-state index < -0.39 is 23.6 Å². The van der Waals surface area contributed by atoms with Crippen LogP contribution >= 0.6 is 0 Å². The molecule has 0 spiro atoms. The Hall–Kier alpha value is -1.52. The third-order valence-electron chi connectivity index (χ3n) is 2.22. The lowest BCUT2D eigenvalue weighted by Crippen LogP contribution is -2.32. The number of nitrogens with one attached hydrogen (secondary N) is 1. The van der Waals surface area contributed by atoms with Gasteiger partial charge in [0, 0.05) is 11.6 Å². The van der Waals surface area contributed by atoms with Gasteiger partial charge in [-0.2, -0.15) is 0 Å². The van der Waals surface area contributed by atoms with Crippen LogP contribution in [0.3, 0.4) is 0 Å². The Labute approximate surface area is 94.5 Å². The minimum atomic E-state index is -0.850. The molecule has 0 saturated heterocycles. The van der Waals surface area contributed by atoms with Crippen molar-refractivity contribution in [1.29, 1.82) is 0 Å². The molecular formula is C11H17NO4. The van der Waals surface area contributed by atoms with Gasteiger partial charge in [0.05, 0.1) is 5.92 Å². The molecule has 1 rings (SSSR count). The molecule has 2 N–H and O–H groups in total. The summed E-state index contributed by atoms with van der Waals surface area (Å²) >= 11 is 0. The van der Waals surface area contributed by atoms with Gasteiger partial charge in [-0.25, -0.2) is 4.79 Å². The molecule has 2 atom stereocenters. The number of hydrogen-bond acceptors (Lipinski definition) is 3. The van der Waals surface area contributed by atoms with Crippen molar-refractivity contribution < 1.29 is 19.4 Å². The predicted molar refractivity (Wildman–Crippen MR) is 57.7 cm³/mol. The molecule has 90 valence electrons. The fourth-order valence-corrected chi connectivity index (χ4v) is 1.38. The molecule has 0 aromatic carbocycles. The number of carbonyl (C=O) groups excluding carboxylic acids is 1. The second-order valence-corrected chi connectivity index (χ2v) is 4.94. The molecule has 5 nitrogen and oxygen atoms in total. The van der Waals surface area contributed by atoms with Gasteiger partial charge in [0.2, 0.25) is 0 Å². The third kappa shape index (κ3) is 3.56. The first-order valence-electron chi connectivity index (χ1n) is 5.12. The van der Waals surface area contributed by atoms with E-state index in [4.69, 9.17) is 9.84 Å². The van der Waals surface area contributed by atoms with Crippen LogP contribution in [0.25, 0.3) is 0 Å². The van der Waals surface area contributed by atoms with Crippen LogP contribution in [0.1, 0.15) is 27.2 Å². The molecule has 2 unspecified atom stereocenters. The van der Waals surface area contributed by atoms with E-state index in [1.165, 1.54) is 0 Å². The summed E-state index contributed by atoms with van der Waals surface area (Å²) in [5, 5.41) is 11.2. The van der Waals surface area contributed by atoms with Gasteiger partial charge in [0.25, 0.3) is 0 Å². The van der Waals surface area contributed by atoms with Crippen LogP contribution < -0.4 is 5.32 Å². The van der Waals surface area contributed by atoms with Gasteiger partial charge in [-0.3, -0.25) is 10.1 Å². The average molecular weight is 227 g/mol. The molecule has 5 heteroatoms. The second kappa shape index (κ2) is 4.15. The molecule has 1 fully saturated rings. The maximum atomic E-state index is 11.3. The normalized spacial score (nSPS) is 23.4. The van der Waals surface area contributed by atoms with E-state index in [1.807, 2.05) is 0 Å². The van der Waals surface area contributed by atoms with Crippen LogP contribution in [0.2, 0.25) is 0 Å². The maximum absolute atomic E-state index is 11.3. The van der Waals surface area contributed by atoms with E-state index in [0.717, 1.165) is 0 Å². The van der Waals surface area contributed by atoms with Crippen LogP contribution in [0.4, 0.5) is 4.79 Å². The van der Waals surface area contributed by atoms with Crippen molar-refractivity contribution in [2.24, 2.45) is 11.8 Å². The Morgan fingerprint density at radius 3 is 2.31 bits per heavy atom. The smallest absolute Gasteiger partial charge is 0.411 e. The van der Waals surface area contributed by atoms with Crippen molar-refractivity contribution in [3.63, 3.8) is 0 Å². The number of carbonyl (C=O) groups is 2. The highest BCUT2D eigenvalue weighted by Crippen LogP contribution is 2.42. The summed E-state index contributed by atoms with van der Waals surface area (Å²) in [6, 6.07) is 0. The number of ether oxygens (including phenoxy) is 1. The van der Waals surface area contributed by atoms with Crippen molar-refractivity contribution in [2.75, 3.05) is 0 Å². The van der Waals surface area contributed by atoms with Crippen molar-refractivity contribution in [2.45, 2.75) is 32.8 Å². The summed E-state index contributed by atoms with van der Waals surface area (Å²) in [5.74, 6) is -1.43. The van der Waals surface area contributed by atoms with Crippen LogP contribution in [0.15, 0.2) is 12.3 Å². The number of carboxylic acid groups (broad SMARTS) is 1. The molecule has 0 aliphatic heterocycles. The lowest BCUT2D eigenvalue weighted by Gasteiger charge is -2.20. The molecule has 0 heterocycles. The predicted octanol–water partition coefficient (Wildman–Crippen LogP) is 1.75. The quantitative estimate of drug-likeness (QED) is 0.770. The fraction of sp³-hybridized carbons (Fsp3) is 0.636. The fourth-order valence-electron chi connectivity index (χ4n) is 1.38. The van der Waals surface area contributed by atoms with Gasteiger partial charge in [0.15, 0.2) is 0 Å². The van der Waals surface area contributed by atoms with E-state index in [9.17, 15) is 9.59 Å². The summed E-state index contributed by atoms with van der Waals surface area (Å²) in [5.41, 5.74) is -0.151. The Balaban J connectivity index is 2.37. The number of rotatable bonds is 3. The van der Waals surface area contributed by atoms with Crippen LogP contribution in [-0.2, 0) is 9.53 Å². The Bertz CT molecular complexity index is 329. The van der Waals surface area contributed by atoms with Gasteiger partial charge in [-0.15, -0.1) is 0 Å². The first-order chi connectivity index (χ1) is 7.20. The standard InChI is InChI=1S/C11H17NO4/c1-6(7-5-8(7)9(13)14)12-10(15)16-11(2,3)4/h7-8H,1,5H2,2-4H3,(H,12,15)(H,13,14). The van der Waals surface area contributed by atoms with Crippen molar-refractivity contribution in [3.05, 3.63) is 12.3 Å². The number of alkyl carbamates (subject to hydrolysis) is 1. The minimum absolute atomic E-state index is 0.162. The van der Waals surface area contributed by atoms with Gasteiger partial charge in [-0.05, 0) is 27.2 Å². The average Bonchev–Trinajstić information content (AvgIpc) is 2.76. The molecular weight excluding hydrogens is 210 g/mol. The van der Waals surface area contributed by atoms with E-state index >= 15 is 0 Å². The van der Waals surface area contributed by atoms with E-state index in [2.05, 4.69) is 11.9 Å². The topological polar surface area (TPSA) is 75.6 Å². The highest BCUT2D eigenvalue weighted by atomic mass is 16.6. The number of hydrogen-bond donors (Lipinski definition) is 2. The first kappa shape index (κ1) is 12.5.